The van der Waals surface area contributed by atoms with E-state index in [-0.39, 0.29) is 5.82 Å². The maximum absolute atomic E-state index is 9.14. The van der Waals surface area contributed by atoms with Crippen LogP contribution in [0, 0.1) is 11.3 Å². The fourth-order valence-corrected chi connectivity index (χ4v) is 4.14. The number of hydrogen-bond donors (Lipinski definition) is 2. The second-order valence-electron chi connectivity index (χ2n) is 8.18. The van der Waals surface area contributed by atoms with Gasteiger partial charge in [-0.25, -0.2) is 15.0 Å². The summed E-state index contributed by atoms with van der Waals surface area (Å²) in [5.74, 6) is 2.08. The Morgan fingerprint density at radius 1 is 1.12 bits per heavy atom. The van der Waals surface area contributed by atoms with E-state index >= 15 is 0 Å². The minimum absolute atomic E-state index is 0.261. The van der Waals surface area contributed by atoms with Crippen molar-refractivity contribution in [3.63, 3.8) is 0 Å². The highest BCUT2D eigenvalue weighted by molar-refractivity contribution is 5.82. The van der Waals surface area contributed by atoms with Gasteiger partial charge in [0.2, 0.25) is 0 Å². The van der Waals surface area contributed by atoms with Crippen LogP contribution in [0.4, 0.5) is 5.82 Å². The van der Waals surface area contributed by atoms with Gasteiger partial charge in [-0.05, 0) is 62.3 Å². The summed E-state index contributed by atoms with van der Waals surface area (Å²) in [6.07, 6.45) is 4.15. The molecular formula is C25H25N7O2. The molecule has 0 radical (unpaired) electrons. The highest BCUT2D eigenvalue weighted by Gasteiger charge is 2.16. The maximum atomic E-state index is 9.14. The molecule has 34 heavy (non-hydrogen) atoms. The van der Waals surface area contributed by atoms with Crippen molar-refractivity contribution in [1.82, 2.24) is 24.8 Å². The maximum Gasteiger partial charge on any atom is 0.161 e. The van der Waals surface area contributed by atoms with Crippen LogP contribution in [0.5, 0.6) is 11.5 Å². The van der Waals surface area contributed by atoms with Crippen LogP contribution < -0.4 is 15.2 Å². The molecule has 4 aromatic rings. The summed E-state index contributed by atoms with van der Waals surface area (Å²) in [5, 5.41) is 9.14. The summed E-state index contributed by atoms with van der Waals surface area (Å²) in [6.45, 7) is 3.80. The molecule has 0 unspecified atom stereocenters. The van der Waals surface area contributed by atoms with Gasteiger partial charge >= 0.3 is 0 Å². The number of rotatable bonds is 7. The standard InChI is InChI=1S/C25H25N7O2/c1-33-22-13-17(5-7-21(22)34-11-10-32-8-2-3-9-32)20-15-28-24(27)23(29-20)25-30-18-6-4-16(14-26)12-19(18)31-25/h4-7,12-13,15H,2-3,8-11H2,1H3,(H2,27,28)(H,30,31). The zero-order valence-electron chi connectivity index (χ0n) is 18.9. The van der Waals surface area contributed by atoms with E-state index in [1.807, 2.05) is 24.3 Å². The molecule has 1 aliphatic rings. The molecule has 0 bridgehead atoms. The van der Waals surface area contributed by atoms with Crippen LogP contribution in [0.15, 0.2) is 42.6 Å². The lowest BCUT2D eigenvalue weighted by Gasteiger charge is -2.16. The monoisotopic (exact) mass is 455 g/mol. The van der Waals surface area contributed by atoms with E-state index in [2.05, 4.69) is 25.9 Å². The molecule has 1 aliphatic heterocycles. The number of anilines is 1. The van der Waals surface area contributed by atoms with Crippen LogP contribution in [0.3, 0.4) is 0 Å². The minimum atomic E-state index is 0.261. The number of ether oxygens (including phenoxy) is 2. The van der Waals surface area contributed by atoms with Crippen LogP contribution in [-0.2, 0) is 0 Å². The fraction of sp³-hybridized carbons (Fsp3) is 0.280. The Balaban J connectivity index is 1.40. The van der Waals surface area contributed by atoms with Crippen LogP contribution in [0.1, 0.15) is 18.4 Å². The first-order chi connectivity index (χ1) is 16.6. The predicted octanol–water partition coefficient (Wildman–Crippen LogP) is 3.62. The van der Waals surface area contributed by atoms with Gasteiger partial charge in [0, 0.05) is 12.1 Å². The number of nitrogens with one attached hydrogen (secondary N) is 1. The average Bonchev–Trinajstić information content (AvgIpc) is 3.54. The number of imidazole rings is 1. The van der Waals surface area contributed by atoms with Crippen molar-refractivity contribution in [2.75, 3.05) is 39.1 Å². The number of aromatic nitrogens is 4. The molecule has 3 heterocycles. The quantitative estimate of drug-likeness (QED) is 0.433. The Kier molecular flexibility index (Phi) is 5.97. The summed E-state index contributed by atoms with van der Waals surface area (Å²) >= 11 is 0. The molecule has 0 saturated carbocycles. The van der Waals surface area contributed by atoms with Gasteiger partial charge in [0.1, 0.15) is 12.3 Å². The van der Waals surface area contributed by atoms with E-state index < -0.39 is 0 Å². The first-order valence-electron chi connectivity index (χ1n) is 11.2. The first kappa shape index (κ1) is 21.7. The molecule has 2 aromatic carbocycles. The van der Waals surface area contributed by atoms with Crippen LogP contribution in [0.25, 0.3) is 33.8 Å². The molecule has 9 heteroatoms. The lowest BCUT2D eigenvalue weighted by atomic mass is 10.1. The van der Waals surface area contributed by atoms with Gasteiger partial charge in [-0.2, -0.15) is 5.26 Å². The fourth-order valence-electron chi connectivity index (χ4n) is 4.14. The molecule has 3 N–H and O–H groups in total. The van der Waals surface area contributed by atoms with Crippen molar-refractivity contribution in [2.24, 2.45) is 0 Å². The van der Waals surface area contributed by atoms with Crippen molar-refractivity contribution in [3.05, 3.63) is 48.2 Å². The molecule has 0 amide bonds. The number of likely N-dealkylation sites (tertiary alicyclic amines) is 1. The SMILES string of the molecule is COc1cc(-c2cnc(N)c(-c3nc4cc(C#N)ccc4[nH]3)n2)ccc1OCCN1CCCC1. The Labute approximate surface area is 197 Å². The predicted molar refractivity (Wildman–Crippen MR) is 129 cm³/mol. The Morgan fingerprint density at radius 3 is 2.76 bits per heavy atom. The van der Waals surface area contributed by atoms with Gasteiger partial charge in [0.25, 0.3) is 0 Å². The largest absolute Gasteiger partial charge is 0.493 e. The molecule has 1 saturated heterocycles. The summed E-state index contributed by atoms with van der Waals surface area (Å²) in [5.41, 5.74) is 10.0. The van der Waals surface area contributed by atoms with Gasteiger partial charge in [0.05, 0.1) is 41.7 Å². The number of fused-ring (bicyclic) bond motifs is 1. The van der Waals surface area contributed by atoms with Gasteiger partial charge in [-0.15, -0.1) is 0 Å². The van der Waals surface area contributed by atoms with Gasteiger partial charge in [-0.1, -0.05) is 0 Å². The van der Waals surface area contributed by atoms with Crippen molar-refractivity contribution in [1.29, 1.82) is 5.26 Å². The number of methoxy groups -OCH3 is 1. The number of benzene rings is 2. The highest BCUT2D eigenvalue weighted by Crippen LogP contribution is 2.33. The van der Waals surface area contributed by atoms with E-state index in [9.17, 15) is 0 Å². The van der Waals surface area contributed by atoms with Crippen LogP contribution >= 0.6 is 0 Å². The Bertz CT molecular complexity index is 1370. The third kappa shape index (κ3) is 4.36. The van der Waals surface area contributed by atoms with E-state index in [0.717, 1.165) is 30.7 Å². The van der Waals surface area contributed by atoms with Crippen molar-refractivity contribution in [3.8, 4) is 40.3 Å². The van der Waals surface area contributed by atoms with Crippen molar-refractivity contribution < 1.29 is 9.47 Å². The number of nitrogens with zero attached hydrogens (tertiary/aromatic N) is 5. The minimum Gasteiger partial charge on any atom is -0.493 e. The summed E-state index contributed by atoms with van der Waals surface area (Å²) in [6, 6.07) is 13.1. The third-order valence-corrected chi connectivity index (χ3v) is 5.96. The topological polar surface area (TPSA) is 126 Å². The van der Waals surface area contributed by atoms with Crippen molar-refractivity contribution >= 4 is 16.9 Å². The zero-order chi connectivity index (χ0) is 23.5. The van der Waals surface area contributed by atoms with Crippen LogP contribution in [-0.4, -0.2) is 58.2 Å². The van der Waals surface area contributed by atoms with Crippen molar-refractivity contribution in [2.45, 2.75) is 12.8 Å². The highest BCUT2D eigenvalue weighted by atomic mass is 16.5. The smallest absolute Gasteiger partial charge is 0.161 e. The second kappa shape index (κ2) is 9.37. The van der Waals surface area contributed by atoms with E-state index in [1.54, 1.807) is 25.4 Å². The second-order valence-corrected chi connectivity index (χ2v) is 8.18. The van der Waals surface area contributed by atoms with Gasteiger partial charge in [0.15, 0.2) is 23.1 Å². The number of nitriles is 1. The van der Waals surface area contributed by atoms with E-state index in [4.69, 9.17) is 25.5 Å². The first-order valence-corrected chi connectivity index (χ1v) is 11.2. The molecule has 0 atom stereocenters. The zero-order valence-corrected chi connectivity index (χ0v) is 18.9. The van der Waals surface area contributed by atoms with Crippen LogP contribution in [0.2, 0.25) is 0 Å². The number of H-pyrrole nitrogens is 1. The molecular weight excluding hydrogens is 430 g/mol. The molecule has 2 aromatic heterocycles. The van der Waals surface area contributed by atoms with Gasteiger partial charge in [-0.3, -0.25) is 4.90 Å². The Hall–Kier alpha value is -4.16. The van der Waals surface area contributed by atoms with Gasteiger partial charge < -0.3 is 20.2 Å². The number of hydrogen-bond acceptors (Lipinski definition) is 8. The summed E-state index contributed by atoms with van der Waals surface area (Å²) in [4.78, 5) is 19.2. The van der Waals surface area contributed by atoms with E-state index in [0.29, 0.717) is 46.4 Å². The molecule has 0 spiro atoms. The molecule has 5 rings (SSSR count). The Morgan fingerprint density at radius 2 is 1.97 bits per heavy atom. The third-order valence-electron chi connectivity index (χ3n) is 5.96. The molecule has 0 aliphatic carbocycles. The van der Waals surface area contributed by atoms with E-state index in [1.165, 1.54) is 12.8 Å². The number of nitrogen functional groups attached to an aromatic ring is 1. The summed E-state index contributed by atoms with van der Waals surface area (Å²) in [7, 11) is 1.62. The average molecular weight is 456 g/mol. The molecule has 9 nitrogen and oxygen atoms in total. The normalized spacial score (nSPS) is 13.8. The summed E-state index contributed by atoms with van der Waals surface area (Å²) < 4.78 is 11.6. The molecule has 1 fully saturated rings. The number of nitrogens with two attached hydrogens (primary N) is 1. The number of aromatic amines is 1. The lowest BCUT2D eigenvalue weighted by Crippen LogP contribution is -2.25. The lowest BCUT2D eigenvalue weighted by molar-refractivity contribution is 0.230. The molecule has 172 valence electrons.